The largest absolute Gasteiger partial charge is 0.507 e. The van der Waals surface area contributed by atoms with Crippen LogP contribution in [0, 0.1) is 0 Å². The van der Waals surface area contributed by atoms with Gasteiger partial charge in [-0.1, -0.05) is 40.0 Å². The molecule has 9 nitrogen and oxygen atoms in total. The van der Waals surface area contributed by atoms with Gasteiger partial charge in [-0.15, -0.1) is 5.11 Å². The summed E-state index contributed by atoms with van der Waals surface area (Å²) in [6.07, 6.45) is 7.47. The van der Waals surface area contributed by atoms with E-state index < -0.39 is 5.97 Å². The SMILES string of the molecule is CCCCOc1ccc(C(=O)Oc2ccc(N=Nc3ccc(N=Cc4ccc(OCCCC)cc4O)cc3)c(OCCCC)c2)cc1. The predicted octanol–water partition coefficient (Wildman–Crippen LogP) is 10.3. The highest BCUT2D eigenvalue weighted by Crippen LogP contribution is 2.34. The summed E-state index contributed by atoms with van der Waals surface area (Å²) in [5, 5.41) is 19.1. The Morgan fingerprint density at radius 1 is 0.660 bits per heavy atom. The van der Waals surface area contributed by atoms with Gasteiger partial charge in [0.2, 0.25) is 0 Å². The van der Waals surface area contributed by atoms with Gasteiger partial charge in [0.25, 0.3) is 0 Å². The molecule has 246 valence electrons. The van der Waals surface area contributed by atoms with Crippen molar-refractivity contribution in [2.45, 2.75) is 59.3 Å². The van der Waals surface area contributed by atoms with Crippen LogP contribution >= 0.6 is 0 Å². The van der Waals surface area contributed by atoms with Gasteiger partial charge in [-0.2, -0.15) is 5.11 Å². The number of benzene rings is 4. The minimum absolute atomic E-state index is 0.104. The summed E-state index contributed by atoms with van der Waals surface area (Å²) in [6.45, 7) is 8.04. The first kappa shape index (κ1) is 34.7. The van der Waals surface area contributed by atoms with Crippen molar-refractivity contribution in [3.8, 4) is 28.7 Å². The van der Waals surface area contributed by atoms with E-state index in [1.807, 2.05) is 18.2 Å². The highest BCUT2D eigenvalue weighted by molar-refractivity contribution is 5.91. The molecular weight excluding hydrogens is 594 g/mol. The van der Waals surface area contributed by atoms with E-state index in [0.29, 0.717) is 71.0 Å². The van der Waals surface area contributed by atoms with Crippen LogP contribution < -0.4 is 18.9 Å². The lowest BCUT2D eigenvalue weighted by Gasteiger charge is -2.11. The Balaban J connectivity index is 1.40. The number of carbonyl (C=O) groups excluding carboxylic acids is 1. The molecule has 47 heavy (non-hydrogen) atoms. The Kier molecular flexibility index (Phi) is 13.8. The molecule has 0 bridgehead atoms. The summed E-state index contributed by atoms with van der Waals surface area (Å²) < 4.78 is 22.9. The van der Waals surface area contributed by atoms with Crippen molar-refractivity contribution >= 4 is 29.2 Å². The summed E-state index contributed by atoms with van der Waals surface area (Å²) >= 11 is 0. The van der Waals surface area contributed by atoms with Crippen molar-refractivity contribution in [1.82, 2.24) is 0 Å². The molecule has 4 rings (SSSR count). The second-order valence-corrected chi connectivity index (χ2v) is 10.8. The fourth-order valence-corrected chi connectivity index (χ4v) is 4.19. The van der Waals surface area contributed by atoms with Crippen molar-refractivity contribution in [3.05, 3.63) is 96.1 Å². The van der Waals surface area contributed by atoms with Crippen LogP contribution in [-0.4, -0.2) is 37.1 Å². The lowest BCUT2D eigenvalue weighted by Crippen LogP contribution is -2.08. The minimum atomic E-state index is -0.481. The van der Waals surface area contributed by atoms with E-state index in [-0.39, 0.29) is 5.75 Å². The second kappa shape index (κ2) is 18.7. The fraction of sp³-hybridized carbons (Fsp3) is 0.316. The van der Waals surface area contributed by atoms with Crippen molar-refractivity contribution in [3.63, 3.8) is 0 Å². The Bertz CT molecular complexity index is 1620. The van der Waals surface area contributed by atoms with Gasteiger partial charge in [0.15, 0.2) is 5.75 Å². The highest BCUT2D eigenvalue weighted by Gasteiger charge is 2.12. The summed E-state index contributed by atoms with van der Waals surface area (Å²) in [5.74, 6) is 1.78. The second-order valence-electron chi connectivity index (χ2n) is 10.8. The van der Waals surface area contributed by atoms with Gasteiger partial charge in [-0.3, -0.25) is 4.99 Å². The van der Waals surface area contributed by atoms with Crippen molar-refractivity contribution in [2.75, 3.05) is 19.8 Å². The van der Waals surface area contributed by atoms with E-state index in [2.05, 4.69) is 36.0 Å². The summed E-state index contributed by atoms with van der Waals surface area (Å²) in [7, 11) is 0. The number of aromatic hydroxyl groups is 1. The number of azo groups is 1. The molecule has 0 atom stereocenters. The zero-order valence-corrected chi connectivity index (χ0v) is 27.4. The number of carbonyl (C=O) groups is 1. The molecule has 0 amide bonds. The first-order chi connectivity index (χ1) is 23.0. The quantitative estimate of drug-likeness (QED) is 0.0382. The van der Waals surface area contributed by atoms with Crippen LogP contribution in [0.2, 0.25) is 0 Å². The molecule has 4 aromatic carbocycles. The number of aliphatic imine (C=N–C) groups is 1. The summed E-state index contributed by atoms with van der Waals surface area (Å²) in [5.41, 5.74) is 2.83. The normalized spacial score (nSPS) is 11.2. The van der Waals surface area contributed by atoms with Gasteiger partial charge in [-0.25, -0.2) is 4.79 Å². The maximum atomic E-state index is 12.8. The van der Waals surface area contributed by atoms with Crippen LogP contribution in [-0.2, 0) is 0 Å². The molecule has 9 heteroatoms. The molecule has 0 aliphatic rings. The molecule has 0 saturated carbocycles. The molecule has 0 spiro atoms. The Morgan fingerprint density at radius 3 is 1.91 bits per heavy atom. The van der Waals surface area contributed by atoms with Gasteiger partial charge in [0.05, 0.1) is 36.8 Å². The number of phenolic OH excluding ortho intramolecular Hbond substituents is 1. The molecule has 0 fully saturated rings. The number of unbranched alkanes of at least 4 members (excludes halogenated alkanes) is 3. The number of phenols is 1. The van der Waals surface area contributed by atoms with E-state index in [9.17, 15) is 9.90 Å². The van der Waals surface area contributed by atoms with Crippen molar-refractivity contribution < 1.29 is 28.8 Å². The third kappa shape index (κ3) is 11.3. The predicted molar refractivity (Wildman–Crippen MR) is 185 cm³/mol. The standard InChI is InChI=1S/C38H43N3O6/c1-4-7-22-44-32-17-10-28(11-18-32)38(43)47-34-20-21-35(37(26-34)46-24-9-6-3)41-40-31-15-13-30(14-16-31)39-27-29-12-19-33(25-36(29)42)45-23-8-5-2/h10-21,25-27,42H,4-9,22-24H2,1-3H3. The average Bonchev–Trinajstić information content (AvgIpc) is 3.08. The van der Waals surface area contributed by atoms with Gasteiger partial charge in [-0.05, 0) is 92.1 Å². The first-order valence-electron chi connectivity index (χ1n) is 16.2. The van der Waals surface area contributed by atoms with Crippen LogP contribution in [0.5, 0.6) is 28.7 Å². The lowest BCUT2D eigenvalue weighted by molar-refractivity contribution is 0.0734. The molecule has 1 N–H and O–H groups in total. The third-order valence-electron chi connectivity index (χ3n) is 7.00. The van der Waals surface area contributed by atoms with Crippen LogP contribution in [0.4, 0.5) is 17.1 Å². The summed E-state index contributed by atoms with van der Waals surface area (Å²) in [6, 6.07) is 24.4. The first-order valence-corrected chi connectivity index (χ1v) is 16.2. The monoisotopic (exact) mass is 637 g/mol. The van der Waals surface area contributed by atoms with Gasteiger partial charge in [0, 0.05) is 23.9 Å². The number of rotatable bonds is 18. The Morgan fingerprint density at radius 2 is 1.26 bits per heavy atom. The summed E-state index contributed by atoms with van der Waals surface area (Å²) in [4.78, 5) is 17.3. The van der Waals surface area contributed by atoms with Gasteiger partial charge >= 0.3 is 5.97 Å². The smallest absolute Gasteiger partial charge is 0.343 e. The number of hydrogen-bond donors (Lipinski definition) is 1. The molecule has 0 aromatic heterocycles. The minimum Gasteiger partial charge on any atom is -0.507 e. The molecule has 0 unspecified atom stereocenters. The zero-order valence-electron chi connectivity index (χ0n) is 27.4. The maximum Gasteiger partial charge on any atom is 0.343 e. The third-order valence-corrected chi connectivity index (χ3v) is 7.00. The van der Waals surface area contributed by atoms with Crippen LogP contribution in [0.3, 0.4) is 0 Å². The fourth-order valence-electron chi connectivity index (χ4n) is 4.19. The van der Waals surface area contributed by atoms with E-state index in [0.717, 1.165) is 38.5 Å². The zero-order chi connectivity index (χ0) is 33.3. The number of esters is 1. The Labute approximate surface area is 276 Å². The van der Waals surface area contributed by atoms with Gasteiger partial charge < -0.3 is 24.1 Å². The van der Waals surface area contributed by atoms with Gasteiger partial charge in [0.1, 0.15) is 28.7 Å². The van der Waals surface area contributed by atoms with E-state index >= 15 is 0 Å². The number of hydrogen-bond acceptors (Lipinski definition) is 9. The highest BCUT2D eigenvalue weighted by atomic mass is 16.5. The average molecular weight is 638 g/mol. The topological polar surface area (TPSA) is 111 Å². The van der Waals surface area contributed by atoms with Crippen LogP contribution in [0.15, 0.2) is 100 Å². The molecular formula is C38H43N3O6. The molecule has 0 aliphatic carbocycles. The van der Waals surface area contributed by atoms with E-state index in [1.54, 1.807) is 72.9 Å². The molecule has 0 heterocycles. The van der Waals surface area contributed by atoms with Crippen LogP contribution in [0.1, 0.15) is 75.2 Å². The molecule has 0 saturated heterocycles. The van der Waals surface area contributed by atoms with Crippen molar-refractivity contribution in [1.29, 1.82) is 0 Å². The lowest BCUT2D eigenvalue weighted by atomic mass is 10.2. The van der Waals surface area contributed by atoms with Crippen molar-refractivity contribution in [2.24, 2.45) is 15.2 Å². The Hall–Kier alpha value is -5.18. The van der Waals surface area contributed by atoms with E-state index in [4.69, 9.17) is 18.9 Å². The van der Waals surface area contributed by atoms with E-state index in [1.165, 1.54) is 0 Å². The number of ether oxygens (including phenoxy) is 4. The molecule has 4 aromatic rings. The van der Waals surface area contributed by atoms with Crippen LogP contribution in [0.25, 0.3) is 0 Å². The molecule has 0 radical (unpaired) electrons. The number of nitrogens with zero attached hydrogens (tertiary/aromatic N) is 3. The molecule has 0 aliphatic heterocycles. The maximum absolute atomic E-state index is 12.8.